The van der Waals surface area contributed by atoms with E-state index < -0.39 is 0 Å². The highest BCUT2D eigenvalue weighted by molar-refractivity contribution is 6.03. The Morgan fingerprint density at radius 2 is 1.79 bits per heavy atom. The molecule has 6 heteroatoms. The van der Waals surface area contributed by atoms with Gasteiger partial charge in [-0.2, -0.15) is 5.32 Å². The van der Waals surface area contributed by atoms with Crippen molar-refractivity contribution >= 4 is 28.8 Å². The number of nitrogens with one attached hydrogen (secondary N) is 2. The number of carbonyl (C=O) groups is 1. The minimum absolute atomic E-state index is 0.347. The van der Waals surface area contributed by atoms with Crippen LogP contribution in [0.5, 0.6) is 11.5 Å². The summed E-state index contributed by atoms with van der Waals surface area (Å²) in [5.41, 5.74) is 5.23. The van der Waals surface area contributed by atoms with Gasteiger partial charge in [0.15, 0.2) is 0 Å². The lowest BCUT2D eigenvalue weighted by molar-refractivity contribution is 0.256. The van der Waals surface area contributed by atoms with E-state index in [2.05, 4.69) is 16.0 Å². The third kappa shape index (κ3) is 3.57. The summed E-state index contributed by atoms with van der Waals surface area (Å²) in [5.74, 6) is 1.49. The van der Waals surface area contributed by atoms with E-state index in [-0.39, 0.29) is 6.03 Å². The van der Waals surface area contributed by atoms with Crippen LogP contribution in [0.25, 0.3) is 0 Å². The first-order chi connectivity index (χ1) is 13.7. The van der Waals surface area contributed by atoms with Crippen LogP contribution < -0.4 is 25.4 Å². The zero-order valence-corrected chi connectivity index (χ0v) is 15.7. The van der Waals surface area contributed by atoms with Crippen LogP contribution in [0.2, 0.25) is 0 Å². The Bertz CT molecular complexity index is 1020. The quantitative estimate of drug-likeness (QED) is 0.649. The van der Waals surface area contributed by atoms with Crippen molar-refractivity contribution in [3.63, 3.8) is 0 Å². The van der Waals surface area contributed by atoms with E-state index in [1.165, 1.54) is 0 Å². The van der Waals surface area contributed by atoms with E-state index >= 15 is 0 Å². The van der Waals surface area contributed by atoms with Crippen LogP contribution in [0.3, 0.4) is 0 Å². The number of urea groups is 1. The zero-order valence-electron chi connectivity index (χ0n) is 15.7. The Morgan fingerprint density at radius 1 is 0.964 bits per heavy atom. The summed E-state index contributed by atoms with van der Waals surface area (Å²) in [6, 6.07) is 19.2. The Morgan fingerprint density at radius 3 is 2.54 bits per heavy atom. The van der Waals surface area contributed by atoms with Gasteiger partial charge in [0, 0.05) is 23.9 Å². The minimum atomic E-state index is -0.347. The number of rotatable bonds is 6. The number of nitrogens with zero attached hydrogens (tertiary/aromatic N) is 1. The second kappa shape index (κ2) is 7.52. The highest BCUT2D eigenvalue weighted by Crippen LogP contribution is 2.37. The molecule has 0 bridgehead atoms. The van der Waals surface area contributed by atoms with Crippen molar-refractivity contribution in [1.29, 1.82) is 0 Å². The third-order valence-electron chi connectivity index (χ3n) is 4.61. The van der Waals surface area contributed by atoms with Gasteiger partial charge >= 0.3 is 6.03 Å². The van der Waals surface area contributed by atoms with Crippen molar-refractivity contribution in [2.45, 2.75) is 6.42 Å². The highest BCUT2D eigenvalue weighted by Gasteiger charge is 2.22. The molecule has 0 saturated heterocycles. The van der Waals surface area contributed by atoms with Crippen molar-refractivity contribution in [2.75, 3.05) is 24.9 Å². The number of methoxy groups -OCH3 is 2. The van der Waals surface area contributed by atoms with Crippen LogP contribution in [-0.2, 0) is 6.42 Å². The maximum Gasteiger partial charge on any atom is 0.346 e. The summed E-state index contributed by atoms with van der Waals surface area (Å²) in [6.45, 7) is 0. The molecule has 0 spiro atoms. The molecule has 3 aromatic rings. The molecule has 0 saturated carbocycles. The molecule has 141 valence electrons. The topological polar surface area (TPSA) is 73.7 Å². The number of para-hydroxylation sites is 1. The lowest BCUT2D eigenvalue weighted by atomic mass is 10.0. The first-order valence-corrected chi connectivity index (χ1v) is 8.89. The number of hydrogen-bond donors (Lipinski definition) is 2. The normalized spacial score (nSPS) is 12.0. The van der Waals surface area contributed by atoms with E-state index in [0.717, 1.165) is 34.0 Å². The molecule has 0 aliphatic carbocycles. The Balaban J connectivity index is 1.73. The number of amides is 2. The number of benzene rings is 3. The number of ether oxygens (including phenoxy) is 2. The SMILES string of the molecule is COc1ccc(Cc2cc3c(cc2Nc2ccccc2)[N]C(=O)N3)c(OC)c1. The van der Waals surface area contributed by atoms with Gasteiger partial charge in [-0.15, -0.1) is 0 Å². The van der Waals surface area contributed by atoms with Crippen LogP contribution in [0.4, 0.5) is 27.5 Å². The van der Waals surface area contributed by atoms with E-state index in [0.29, 0.717) is 17.8 Å². The van der Waals surface area contributed by atoms with Crippen molar-refractivity contribution in [1.82, 2.24) is 5.32 Å². The van der Waals surface area contributed by atoms with E-state index in [1.807, 2.05) is 60.7 Å². The van der Waals surface area contributed by atoms with Crippen molar-refractivity contribution in [2.24, 2.45) is 0 Å². The van der Waals surface area contributed by atoms with Gasteiger partial charge in [0.1, 0.15) is 11.5 Å². The summed E-state index contributed by atoms with van der Waals surface area (Å²) in [6.07, 6.45) is 0.617. The molecule has 3 aromatic carbocycles. The molecule has 28 heavy (non-hydrogen) atoms. The zero-order chi connectivity index (χ0) is 19.5. The Labute approximate surface area is 163 Å². The van der Waals surface area contributed by atoms with Crippen LogP contribution in [0.15, 0.2) is 60.7 Å². The summed E-state index contributed by atoms with van der Waals surface area (Å²) in [4.78, 5) is 11.7. The Kier molecular flexibility index (Phi) is 4.76. The maximum atomic E-state index is 11.7. The van der Waals surface area contributed by atoms with Crippen LogP contribution >= 0.6 is 0 Å². The van der Waals surface area contributed by atoms with Crippen molar-refractivity contribution in [3.8, 4) is 11.5 Å². The molecule has 0 atom stereocenters. The van der Waals surface area contributed by atoms with Gasteiger partial charge in [-0.25, -0.2) is 4.79 Å². The summed E-state index contributed by atoms with van der Waals surface area (Å²) in [5, 5.41) is 10.2. The van der Waals surface area contributed by atoms with Gasteiger partial charge in [-0.3, -0.25) is 0 Å². The van der Waals surface area contributed by atoms with E-state index in [9.17, 15) is 4.79 Å². The molecule has 2 amide bonds. The molecule has 0 fully saturated rings. The standard InChI is InChI=1S/C22H20N3O3/c1-27-17-9-8-14(21(12-17)28-2)10-15-11-19-20(25-22(26)24-19)13-18(15)23-16-6-4-3-5-7-16/h3-9,11-13,23H,10H2,1-2H3,(H,24,26). The second-order valence-electron chi connectivity index (χ2n) is 6.41. The Hall–Kier alpha value is -3.67. The lowest BCUT2D eigenvalue weighted by Gasteiger charge is -2.16. The molecule has 2 N–H and O–H groups in total. The van der Waals surface area contributed by atoms with Crippen LogP contribution in [-0.4, -0.2) is 20.3 Å². The number of anilines is 3. The molecule has 4 rings (SSSR count). The highest BCUT2D eigenvalue weighted by atomic mass is 16.5. The molecule has 1 radical (unpaired) electrons. The van der Waals surface area contributed by atoms with E-state index in [1.54, 1.807) is 14.2 Å². The van der Waals surface area contributed by atoms with Gasteiger partial charge in [0.25, 0.3) is 0 Å². The van der Waals surface area contributed by atoms with Gasteiger partial charge in [-0.1, -0.05) is 24.3 Å². The summed E-state index contributed by atoms with van der Waals surface area (Å²) in [7, 11) is 3.27. The average molecular weight is 374 g/mol. The van der Waals surface area contributed by atoms with Gasteiger partial charge in [0.05, 0.1) is 25.6 Å². The fraction of sp³-hybridized carbons (Fsp3) is 0.136. The number of fused-ring (bicyclic) bond motifs is 1. The summed E-state index contributed by atoms with van der Waals surface area (Å²) >= 11 is 0. The number of hydrogen-bond acceptors (Lipinski definition) is 4. The third-order valence-corrected chi connectivity index (χ3v) is 4.61. The molecular weight excluding hydrogens is 354 g/mol. The lowest BCUT2D eigenvalue weighted by Crippen LogP contribution is -2.08. The first-order valence-electron chi connectivity index (χ1n) is 8.89. The van der Waals surface area contributed by atoms with Gasteiger partial charge < -0.3 is 20.1 Å². The molecular formula is C22H20N3O3. The maximum absolute atomic E-state index is 11.7. The predicted octanol–water partition coefficient (Wildman–Crippen LogP) is 4.82. The molecule has 1 heterocycles. The summed E-state index contributed by atoms with van der Waals surface area (Å²) < 4.78 is 10.8. The number of carbonyl (C=O) groups excluding carboxylic acids is 1. The fourth-order valence-electron chi connectivity index (χ4n) is 3.22. The van der Waals surface area contributed by atoms with Gasteiger partial charge in [-0.05, 0) is 41.5 Å². The van der Waals surface area contributed by atoms with E-state index in [4.69, 9.17) is 9.47 Å². The van der Waals surface area contributed by atoms with Crippen LogP contribution in [0, 0.1) is 0 Å². The predicted molar refractivity (Wildman–Crippen MR) is 109 cm³/mol. The molecule has 1 aliphatic heterocycles. The minimum Gasteiger partial charge on any atom is -0.497 e. The van der Waals surface area contributed by atoms with Gasteiger partial charge in [0.2, 0.25) is 0 Å². The second-order valence-corrected chi connectivity index (χ2v) is 6.41. The fourth-order valence-corrected chi connectivity index (χ4v) is 3.22. The molecule has 0 aromatic heterocycles. The molecule has 6 nitrogen and oxygen atoms in total. The first kappa shape index (κ1) is 17.7. The smallest absolute Gasteiger partial charge is 0.346 e. The average Bonchev–Trinajstić information content (AvgIpc) is 3.08. The largest absolute Gasteiger partial charge is 0.497 e. The van der Waals surface area contributed by atoms with Crippen LogP contribution in [0.1, 0.15) is 11.1 Å². The molecule has 1 aliphatic rings. The monoisotopic (exact) mass is 374 g/mol. The van der Waals surface area contributed by atoms with Crippen molar-refractivity contribution in [3.05, 3.63) is 71.8 Å². The van der Waals surface area contributed by atoms with Crippen molar-refractivity contribution < 1.29 is 14.3 Å². The molecule has 0 unspecified atom stereocenters.